The predicted molar refractivity (Wildman–Crippen MR) is 130 cm³/mol. The van der Waals surface area contributed by atoms with E-state index in [-0.39, 0.29) is 24.9 Å². The Balaban J connectivity index is 1.46. The summed E-state index contributed by atoms with van der Waals surface area (Å²) in [7, 11) is 0.414. The Labute approximate surface area is 196 Å². The van der Waals surface area contributed by atoms with Crippen LogP contribution in [0, 0.1) is 0 Å². The number of hydrogen-bond donors (Lipinski definition) is 2. The summed E-state index contributed by atoms with van der Waals surface area (Å²) in [4.78, 5) is 14.2. The van der Waals surface area contributed by atoms with Crippen LogP contribution in [0.15, 0.2) is 30.3 Å². The van der Waals surface area contributed by atoms with Crippen molar-refractivity contribution in [2.24, 2.45) is 0 Å². The zero-order valence-electron chi connectivity index (χ0n) is 19.5. The van der Waals surface area contributed by atoms with E-state index in [1.165, 1.54) is 0 Å². The summed E-state index contributed by atoms with van der Waals surface area (Å²) in [6.07, 6.45) is 2.73. The van der Waals surface area contributed by atoms with E-state index in [0.29, 0.717) is 5.95 Å². The largest absolute Gasteiger partial charge is 0.375 e. The number of aromatic nitrogens is 2. The monoisotopic (exact) mass is 474 g/mol. The second kappa shape index (κ2) is 10.8. The van der Waals surface area contributed by atoms with Gasteiger partial charge in [-0.25, -0.2) is 18.1 Å². The molecule has 10 heteroatoms. The van der Waals surface area contributed by atoms with Crippen LogP contribution in [0.3, 0.4) is 0 Å². The number of ether oxygens (including phenoxy) is 1. The predicted octanol–water partition coefficient (Wildman–Crippen LogP) is 1.78. The number of benzene rings is 1. The Kier molecular flexibility index (Phi) is 7.79. The lowest BCUT2D eigenvalue weighted by Crippen LogP contribution is -2.45. The Morgan fingerprint density at radius 3 is 2.61 bits per heavy atom. The minimum absolute atomic E-state index is 0.0316. The molecule has 1 fully saturated rings. The molecule has 2 N–H and O–H groups in total. The highest BCUT2D eigenvalue weighted by Gasteiger charge is 2.28. The summed E-state index contributed by atoms with van der Waals surface area (Å²) in [5, 5.41) is 3.30. The van der Waals surface area contributed by atoms with Crippen LogP contribution in [0.2, 0.25) is 0 Å². The topological polar surface area (TPSA) is 99.7 Å². The van der Waals surface area contributed by atoms with Gasteiger partial charge in [-0.15, -0.1) is 0 Å². The van der Waals surface area contributed by atoms with Gasteiger partial charge in [-0.2, -0.15) is 4.98 Å². The van der Waals surface area contributed by atoms with Gasteiger partial charge in [0.1, 0.15) is 5.82 Å². The smallest absolute Gasteiger partial charge is 0.227 e. The fraction of sp³-hybridized carbons (Fsp3) is 0.565. The van der Waals surface area contributed by atoms with Gasteiger partial charge in [0.25, 0.3) is 0 Å². The van der Waals surface area contributed by atoms with E-state index in [2.05, 4.69) is 26.9 Å². The first-order valence-corrected chi connectivity index (χ1v) is 13.2. The third-order valence-corrected chi connectivity index (χ3v) is 7.62. The molecule has 1 aromatic carbocycles. The highest BCUT2D eigenvalue weighted by atomic mass is 32.2. The van der Waals surface area contributed by atoms with Crippen molar-refractivity contribution in [2.45, 2.75) is 31.9 Å². The number of methoxy groups -OCH3 is 1. The maximum Gasteiger partial charge on any atom is 0.227 e. The molecule has 1 aliphatic carbocycles. The zero-order valence-corrected chi connectivity index (χ0v) is 20.3. The quantitative estimate of drug-likeness (QED) is 0.568. The summed E-state index contributed by atoms with van der Waals surface area (Å²) >= 11 is 0. The summed E-state index contributed by atoms with van der Waals surface area (Å²) < 4.78 is 33.4. The minimum atomic E-state index is -3.42. The lowest BCUT2D eigenvalue weighted by Gasteiger charge is -2.34. The molecule has 1 saturated heterocycles. The molecule has 4 rings (SSSR count). The van der Waals surface area contributed by atoms with Crippen molar-refractivity contribution in [3.05, 3.63) is 47.2 Å². The lowest BCUT2D eigenvalue weighted by atomic mass is 9.94. The minimum Gasteiger partial charge on any atom is -0.375 e. The van der Waals surface area contributed by atoms with Gasteiger partial charge in [0.2, 0.25) is 16.0 Å². The van der Waals surface area contributed by atoms with Gasteiger partial charge in [-0.3, -0.25) is 0 Å². The van der Waals surface area contributed by atoms with Crippen molar-refractivity contribution in [1.82, 2.24) is 19.6 Å². The Hall–Kier alpha value is -2.27. The maximum atomic E-state index is 12.5. The SMILES string of the molecule is COC1CCCc2c(NCCS(=O)(=O)NCc3ccccc3)nc(N3CCN(C)CC3)nc21. The average Bonchev–Trinajstić information content (AvgIpc) is 2.83. The molecule has 9 nitrogen and oxygen atoms in total. The van der Waals surface area contributed by atoms with E-state index in [0.717, 1.165) is 68.1 Å². The molecular formula is C23H34N6O3S. The highest BCUT2D eigenvalue weighted by Crippen LogP contribution is 2.35. The lowest BCUT2D eigenvalue weighted by molar-refractivity contribution is 0.0843. The van der Waals surface area contributed by atoms with E-state index in [1.807, 2.05) is 30.3 Å². The summed E-state index contributed by atoms with van der Waals surface area (Å²) in [5.41, 5.74) is 2.90. The van der Waals surface area contributed by atoms with Crippen LogP contribution in [0.25, 0.3) is 0 Å². The number of nitrogens with one attached hydrogen (secondary N) is 2. The standard InChI is InChI=1S/C23H34N6O3S/c1-28-12-14-29(15-13-28)23-26-21-19(9-6-10-20(21)32-2)22(27-23)24-11-16-33(30,31)25-17-18-7-4-3-5-8-18/h3-5,7-8,20,25H,6,9-17H2,1-2H3,(H,24,26,27). The maximum absolute atomic E-state index is 12.5. The van der Waals surface area contributed by atoms with Gasteiger partial charge in [-0.05, 0) is 31.9 Å². The molecule has 1 aromatic heterocycles. The van der Waals surface area contributed by atoms with E-state index in [1.54, 1.807) is 7.11 Å². The fourth-order valence-corrected chi connectivity index (χ4v) is 5.19. The molecule has 1 aliphatic heterocycles. The van der Waals surface area contributed by atoms with E-state index in [4.69, 9.17) is 14.7 Å². The number of sulfonamides is 1. The van der Waals surface area contributed by atoms with Gasteiger partial charge in [0.05, 0.1) is 17.6 Å². The molecule has 180 valence electrons. The molecule has 1 atom stereocenters. The van der Waals surface area contributed by atoms with Crippen molar-refractivity contribution in [3.63, 3.8) is 0 Å². The zero-order chi connectivity index (χ0) is 23.3. The van der Waals surface area contributed by atoms with Crippen LogP contribution in [-0.4, -0.2) is 75.9 Å². The molecule has 0 radical (unpaired) electrons. The Morgan fingerprint density at radius 1 is 1.12 bits per heavy atom. The third-order valence-electron chi connectivity index (χ3n) is 6.30. The molecule has 0 amide bonds. The summed E-state index contributed by atoms with van der Waals surface area (Å²) in [6, 6.07) is 9.51. The second-order valence-electron chi connectivity index (χ2n) is 8.70. The average molecular weight is 475 g/mol. The summed E-state index contributed by atoms with van der Waals surface area (Å²) in [5.74, 6) is 1.39. The molecule has 2 aromatic rings. The van der Waals surface area contributed by atoms with Gasteiger partial charge in [-0.1, -0.05) is 30.3 Å². The van der Waals surface area contributed by atoms with Crippen molar-refractivity contribution in [1.29, 1.82) is 0 Å². The van der Waals surface area contributed by atoms with Crippen LogP contribution in [0.4, 0.5) is 11.8 Å². The van der Waals surface area contributed by atoms with E-state index >= 15 is 0 Å². The molecule has 0 bridgehead atoms. The molecule has 33 heavy (non-hydrogen) atoms. The van der Waals surface area contributed by atoms with E-state index in [9.17, 15) is 8.42 Å². The van der Waals surface area contributed by atoms with Gasteiger partial charge >= 0.3 is 0 Å². The number of anilines is 2. The normalized spacial score (nSPS) is 19.3. The Bertz CT molecular complexity index is 1030. The van der Waals surface area contributed by atoms with Gasteiger partial charge in [0, 0.05) is 51.9 Å². The molecule has 0 spiro atoms. The first kappa shape index (κ1) is 23.9. The van der Waals surface area contributed by atoms with Crippen molar-refractivity contribution >= 4 is 21.8 Å². The van der Waals surface area contributed by atoms with Crippen LogP contribution < -0.4 is 14.9 Å². The van der Waals surface area contributed by atoms with E-state index < -0.39 is 10.0 Å². The third kappa shape index (κ3) is 6.20. The van der Waals surface area contributed by atoms with Crippen molar-refractivity contribution in [3.8, 4) is 0 Å². The fourth-order valence-electron chi connectivity index (χ4n) is 4.29. The van der Waals surface area contributed by atoms with Crippen molar-refractivity contribution < 1.29 is 13.2 Å². The number of fused-ring (bicyclic) bond motifs is 1. The summed E-state index contributed by atoms with van der Waals surface area (Å²) in [6.45, 7) is 4.21. The molecule has 2 heterocycles. The van der Waals surface area contributed by atoms with Gasteiger partial charge in [0.15, 0.2) is 0 Å². The number of likely N-dealkylation sites (N-methyl/N-ethyl adjacent to an activating group) is 1. The first-order chi connectivity index (χ1) is 15.9. The van der Waals surface area contributed by atoms with Crippen LogP contribution >= 0.6 is 0 Å². The second-order valence-corrected chi connectivity index (χ2v) is 10.6. The van der Waals surface area contributed by atoms with Crippen molar-refractivity contribution in [2.75, 3.05) is 62.9 Å². The van der Waals surface area contributed by atoms with Crippen LogP contribution in [-0.2, 0) is 27.7 Å². The molecule has 2 aliphatic rings. The molecular weight excluding hydrogens is 440 g/mol. The number of rotatable bonds is 9. The highest BCUT2D eigenvalue weighted by molar-refractivity contribution is 7.89. The first-order valence-electron chi connectivity index (χ1n) is 11.6. The number of piperazine rings is 1. The van der Waals surface area contributed by atoms with Gasteiger partial charge < -0.3 is 19.9 Å². The molecule has 1 unspecified atom stereocenters. The Morgan fingerprint density at radius 2 is 1.88 bits per heavy atom. The number of nitrogens with zero attached hydrogens (tertiary/aromatic N) is 4. The van der Waals surface area contributed by atoms with Crippen LogP contribution in [0.1, 0.15) is 35.8 Å². The van der Waals surface area contributed by atoms with Crippen LogP contribution in [0.5, 0.6) is 0 Å². The molecule has 0 saturated carbocycles. The number of hydrogen-bond acceptors (Lipinski definition) is 8.